The fourth-order valence-corrected chi connectivity index (χ4v) is 3.88. The Kier molecular flexibility index (Phi) is 11.5. The molecule has 32 heavy (non-hydrogen) atoms. The lowest BCUT2D eigenvalue weighted by molar-refractivity contribution is -0.127. The average Bonchev–Trinajstić information content (AvgIpc) is 2.78. The number of halogens is 1. The summed E-state index contributed by atoms with van der Waals surface area (Å²) < 4.78 is 5.42. The van der Waals surface area contributed by atoms with Gasteiger partial charge in [-0.1, -0.05) is 17.7 Å². The highest BCUT2D eigenvalue weighted by Crippen LogP contribution is 2.20. The number of hydrogen-bond donors (Lipinski definition) is 2. The van der Waals surface area contributed by atoms with Gasteiger partial charge in [-0.25, -0.2) is 4.99 Å². The number of ether oxygens (including phenoxy) is 1. The van der Waals surface area contributed by atoms with Crippen molar-refractivity contribution in [3.05, 3.63) is 29.8 Å². The molecule has 2 fully saturated rings. The van der Waals surface area contributed by atoms with Crippen LogP contribution >= 0.6 is 24.0 Å². The summed E-state index contributed by atoms with van der Waals surface area (Å²) in [5.41, 5.74) is 2.54. The standard InChI is InChI=1S/C23H38N6O2.HI/c1-19-6-8-21(9-7-19)29-11-4-5-20(18-29)26-23(25-17-22(30)27(2)3)24-10-12-28-13-15-31-16-14-28;/h6-9,20H,4-5,10-18H2,1-3H3,(H2,24,25,26);1H. The lowest BCUT2D eigenvalue weighted by Crippen LogP contribution is -2.52. The number of nitrogens with one attached hydrogen (secondary N) is 2. The Bertz CT molecular complexity index is 722. The zero-order valence-corrected chi connectivity index (χ0v) is 22.0. The van der Waals surface area contributed by atoms with Crippen molar-refractivity contribution < 1.29 is 9.53 Å². The molecule has 1 amide bonds. The summed E-state index contributed by atoms with van der Waals surface area (Å²) in [6.45, 7) is 9.51. The minimum absolute atomic E-state index is 0. The van der Waals surface area contributed by atoms with Crippen LogP contribution in [-0.4, -0.2) is 101 Å². The molecule has 0 spiro atoms. The molecular weight excluding hydrogens is 519 g/mol. The van der Waals surface area contributed by atoms with Gasteiger partial charge in [0.2, 0.25) is 5.91 Å². The number of piperidine rings is 1. The Morgan fingerprint density at radius 1 is 1.19 bits per heavy atom. The van der Waals surface area contributed by atoms with E-state index in [1.54, 1.807) is 19.0 Å². The van der Waals surface area contributed by atoms with E-state index in [4.69, 9.17) is 4.74 Å². The molecule has 0 saturated carbocycles. The van der Waals surface area contributed by atoms with E-state index in [1.807, 2.05) is 0 Å². The van der Waals surface area contributed by atoms with Gasteiger partial charge in [-0.15, -0.1) is 24.0 Å². The smallest absolute Gasteiger partial charge is 0.243 e. The summed E-state index contributed by atoms with van der Waals surface area (Å²) in [5.74, 6) is 0.721. The Labute approximate surface area is 209 Å². The number of carbonyl (C=O) groups excluding carboxylic acids is 1. The topological polar surface area (TPSA) is 72.4 Å². The molecule has 2 N–H and O–H groups in total. The van der Waals surface area contributed by atoms with Gasteiger partial charge in [-0.05, 0) is 31.9 Å². The Morgan fingerprint density at radius 3 is 2.59 bits per heavy atom. The quantitative estimate of drug-likeness (QED) is 0.301. The summed E-state index contributed by atoms with van der Waals surface area (Å²) in [6.07, 6.45) is 2.22. The van der Waals surface area contributed by atoms with Gasteiger partial charge < -0.3 is 25.2 Å². The maximum Gasteiger partial charge on any atom is 0.243 e. The normalized spacial score (nSPS) is 19.8. The third-order valence-corrected chi connectivity index (χ3v) is 5.86. The van der Waals surface area contributed by atoms with Crippen LogP contribution in [0.3, 0.4) is 0 Å². The number of rotatable bonds is 7. The van der Waals surface area contributed by atoms with Gasteiger partial charge in [0.05, 0.1) is 13.2 Å². The third kappa shape index (κ3) is 8.74. The number of anilines is 1. The van der Waals surface area contributed by atoms with Crippen LogP contribution in [0.4, 0.5) is 5.69 Å². The van der Waals surface area contributed by atoms with E-state index in [9.17, 15) is 4.79 Å². The van der Waals surface area contributed by atoms with Crippen LogP contribution in [0.15, 0.2) is 29.3 Å². The number of guanidine groups is 1. The molecule has 9 heteroatoms. The van der Waals surface area contributed by atoms with Crippen LogP contribution < -0.4 is 15.5 Å². The fourth-order valence-electron chi connectivity index (χ4n) is 3.88. The molecule has 2 heterocycles. The van der Waals surface area contributed by atoms with Crippen LogP contribution in [0.2, 0.25) is 0 Å². The van der Waals surface area contributed by atoms with Gasteiger partial charge in [0, 0.05) is 65.1 Å². The summed E-state index contributed by atoms with van der Waals surface area (Å²) in [7, 11) is 3.52. The lowest BCUT2D eigenvalue weighted by atomic mass is 10.0. The minimum Gasteiger partial charge on any atom is -0.379 e. The molecule has 3 rings (SSSR count). The number of carbonyl (C=O) groups is 1. The maximum absolute atomic E-state index is 12.1. The van der Waals surface area contributed by atoms with Crippen molar-refractivity contribution in [2.75, 3.05) is 78.0 Å². The first-order chi connectivity index (χ1) is 15.0. The van der Waals surface area contributed by atoms with Crippen molar-refractivity contribution in [2.45, 2.75) is 25.8 Å². The highest BCUT2D eigenvalue weighted by molar-refractivity contribution is 14.0. The molecule has 1 atom stereocenters. The molecule has 0 radical (unpaired) electrons. The lowest BCUT2D eigenvalue weighted by Gasteiger charge is -2.35. The van der Waals surface area contributed by atoms with Crippen molar-refractivity contribution in [1.29, 1.82) is 0 Å². The molecule has 1 aromatic rings. The number of amides is 1. The molecule has 2 aliphatic rings. The highest BCUT2D eigenvalue weighted by atomic mass is 127. The van der Waals surface area contributed by atoms with Crippen LogP contribution in [0, 0.1) is 6.92 Å². The molecule has 0 aromatic heterocycles. The molecule has 180 valence electrons. The maximum atomic E-state index is 12.1. The molecule has 1 aromatic carbocycles. The second-order valence-electron chi connectivity index (χ2n) is 8.60. The Hall–Kier alpha value is -1.59. The first kappa shape index (κ1) is 26.7. The van der Waals surface area contributed by atoms with Gasteiger partial charge in [0.1, 0.15) is 6.54 Å². The molecule has 1 unspecified atom stereocenters. The van der Waals surface area contributed by atoms with Crippen molar-refractivity contribution >= 4 is 41.5 Å². The number of morpholine rings is 1. The van der Waals surface area contributed by atoms with Crippen LogP contribution in [0.5, 0.6) is 0 Å². The van der Waals surface area contributed by atoms with Crippen molar-refractivity contribution in [3.8, 4) is 0 Å². The largest absolute Gasteiger partial charge is 0.379 e. The molecule has 8 nitrogen and oxygen atoms in total. The monoisotopic (exact) mass is 558 g/mol. The van der Waals surface area contributed by atoms with E-state index >= 15 is 0 Å². The Balaban J connectivity index is 0.00000363. The zero-order valence-electron chi connectivity index (χ0n) is 19.7. The van der Waals surface area contributed by atoms with E-state index in [-0.39, 0.29) is 36.4 Å². The second kappa shape index (κ2) is 13.8. The van der Waals surface area contributed by atoms with Gasteiger partial charge in [0.15, 0.2) is 5.96 Å². The van der Waals surface area contributed by atoms with Crippen molar-refractivity contribution in [3.63, 3.8) is 0 Å². The van der Waals surface area contributed by atoms with Gasteiger partial charge in [-0.3, -0.25) is 9.69 Å². The average molecular weight is 559 g/mol. The highest BCUT2D eigenvalue weighted by Gasteiger charge is 2.21. The van der Waals surface area contributed by atoms with E-state index in [0.717, 1.165) is 71.3 Å². The molecule has 2 saturated heterocycles. The van der Waals surface area contributed by atoms with E-state index < -0.39 is 0 Å². The SMILES string of the molecule is Cc1ccc(N2CCCC(NC(=NCC(=O)N(C)C)NCCN3CCOCC3)C2)cc1.I. The number of benzene rings is 1. The number of likely N-dealkylation sites (N-methyl/N-ethyl adjacent to an activating group) is 1. The van der Waals surface area contributed by atoms with Crippen LogP contribution in [-0.2, 0) is 9.53 Å². The number of aliphatic imine (C=N–C) groups is 1. The Morgan fingerprint density at radius 2 is 1.91 bits per heavy atom. The molecular formula is C23H39IN6O2. The van der Waals surface area contributed by atoms with Crippen LogP contribution in [0.1, 0.15) is 18.4 Å². The second-order valence-corrected chi connectivity index (χ2v) is 8.60. The predicted octanol–water partition coefficient (Wildman–Crippen LogP) is 1.54. The van der Waals surface area contributed by atoms with Gasteiger partial charge >= 0.3 is 0 Å². The number of aryl methyl sites for hydroxylation is 1. The van der Waals surface area contributed by atoms with E-state index in [1.165, 1.54) is 11.3 Å². The van der Waals surface area contributed by atoms with Crippen molar-refractivity contribution in [2.24, 2.45) is 4.99 Å². The first-order valence-corrected chi connectivity index (χ1v) is 11.4. The summed E-state index contributed by atoms with van der Waals surface area (Å²) in [4.78, 5) is 23.0. The fraction of sp³-hybridized carbons (Fsp3) is 0.652. The van der Waals surface area contributed by atoms with Gasteiger partial charge in [-0.2, -0.15) is 0 Å². The van der Waals surface area contributed by atoms with E-state index in [2.05, 4.69) is 56.6 Å². The molecule has 2 aliphatic heterocycles. The van der Waals surface area contributed by atoms with Crippen LogP contribution in [0.25, 0.3) is 0 Å². The summed E-state index contributed by atoms with van der Waals surface area (Å²) in [5, 5.41) is 7.02. The summed E-state index contributed by atoms with van der Waals surface area (Å²) >= 11 is 0. The third-order valence-electron chi connectivity index (χ3n) is 5.86. The summed E-state index contributed by atoms with van der Waals surface area (Å²) in [6, 6.07) is 9.02. The first-order valence-electron chi connectivity index (χ1n) is 11.4. The number of nitrogens with zero attached hydrogens (tertiary/aromatic N) is 4. The van der Waals surface area contributed by atoms with Gasteiger partial charge in [0.25, 0.3) is 0 Å². The number of hydrogen-bond acceptors (Lipinski definition) is 5. The molecule has 0 aliphatic carbocycles. The van der Waals surface area contributed by atoms with E-state index in [0.29, 0.717) is 6.04 Å². The predicted molar refractivity (Wildman–Crippen MR) is 141 cm³/mol. The van der Waals surface area contributed by atoms with Crippen molar-refractivity contribution in [1.82, 2.24) is 20.4 Å². The zero-order chi connectivity index (χ0) is 22.1. The minimum atomic E-state index is -0.000736. The molecule has 0 bridgehead atoms.